The van der Waals surface area contributed by atoms with Crippen molar-refractivity contribution >= 4 is 23.0 Å². The number of terminal acetylenes is 1. The minimum atomic E-state index is -4.45. The molecule has 8 nitrogen and oxygen atoms in total. The Bertz CT molecular complexity index is 1550. The van der Waals surface area contributed by atoms with Crippen molar-refractivity contribution in [3.8, 4) is 18.1 Å². The number of carbonyl (C=O) groups is 1. The fourth-order valence-electron chi connectivity index (χ4n) is 4.01. The van der Waals surface area contributed by atoms with Gasteiger partial charge in [0.2, 0.25) is 0 Å². The van der Waals surface area contributed by atoms with Crippen molar-refractivity contribution in [1.82, 2.24) is 0 Å². The molecule has 2 N–H and O–H groups in total. The minimum Gasteiger partial charge on any atom is -0.503 e. The predicted octanol–water partition coefficient (Wildman–Crippen LogP) is 6.12. The molecule has 0 saturated carbocycles. The van der Waals surface area contributed by atoms with Crippen molar-refractivity contribution in [3.05, 3.63) is 112 Å². The van der Waals surface area contributed by atoms with Gasteiger partial charge in [-0.1, -0.05) is 47.5 Å². The normalized spacial score (nSPS) is 12.5. The standard InChI is InChI=1S/C32H29F3N2O6/c1-5-17-42-37-29(21(2)30(43-36)27-12-7-6-11-26(27)28(20-39-3)31(38)40-4)23-13-15-25(16-14-23)41-19-22-9-8-10-24(18-22)32(33,34)35/h1,6-16,18,20H,17,19,36H2,2-4H3/b28-20+,30-21-,37-29+. The zero-order valence-corrected chi connectivity index (χ0v) is 23.6. The van der Waals surface area contributed by atoms with Crippen LogP contribution in [0.4, 0.5) is 13.2 Å². The Hall–Kier alpha value is -5.21. The van der Waals surface area contributed by atoms with Gasteiger partial charge in [0.1, 0.15) is 23.6 Å². The quantitative estimate of drug-likeness (QED) is 0.0513. The molecule has 0 radical (unpaired) electrons. The van der Waals surface area contributed by atoms with E-state index in [0.29, 0.717) is 39.3 Å². The summed E-state index contributed by atoms with van der Waals surface area (Å²) in [6.45, 7) is 1.49. The third-order valence-electron chi connectivity index (χ3n) is 6.01. The van der Waals surface area contributed by atoms with Crippen LogP contribution in [-0.4, -0.2) is 32.5 Å². The number of esters is 1. The van der Waals surface area contributed by atoms with Crippen molar-refractivity contribution in [2.24, 2.45) is 11.1 Å². The molecule has 0 aromatic heterocycles. The lowest BCUT2D eigenvalue weighted by Crippen LogP contribution is -2.13. The van der Waals surface area contributed by atoms with E-state index >= 15 is 0 Å². The Balaban J connectivity index is 1.99. The summed E-state index contributed by atoms with van der Waals surface area (Å²) >= 11 is 0. The highest BCUT2D eigenvalue weighted by atomic mass is 19.4. The van der Waals surface area contributed by atoms with E-state index in [9.17, 15) is 18.0 Å². The second kappa shape index (κ2) is 15.1. The first kappa shape index (κ1) is 32.3. The van der Waals surface area contributed by atoms with E-state index in [2.05, 4.69) is 11.1 Å². The van der Waals surface area contributed by atoms with E-state index in [0.717, 1.165) is 12.1 Å². The molecule has 0 fully saturated rings. The summed E-state index contributed by atoms with van der Waals surface area (Å²) in [5.74, 6) is 8.00. The second-order valence-corrected chi connectivity index (χ2v) is 8.81. The number of hydrogen-bond acceptors (Lipinski definition) is 8. The summed E-state index contributed by atoms with van der Waals surface area (Å²) in [4.78, 5) is 23.1. The number of alkyl halides is 3. The van der Waals surface area contributed by atoms with Crippen LogP contribution in [0.25, 0.3) is 11.3 Å². The number of rotatable bonds is 12. The zero-order chi connectivity index (χ0) is 31.4. The van der Waals surface area contributed by atoms with Crippen molar-refractivity contribution in [1.29, 1.82) is 0 Å². The van der Waals surface area contributed by atoms with Crippen LogP contribution in [0.2, 0.25) is 0 Å². The molecular formula is C32H29F3N2O6. The number of oxime groups is 1. The number of halogens is 3. The van der Waals surface area contributed by atoms with Crippen molar-refractivity contribution in [2.45, 2.75) is 19.7 Å². The van der Waals surface area contributed by atoms with Gasteiger partial charge in [0.15, 0.2) is 12.4 Å². The molecule has 0 aliphatic carbocycles. The van der Waals surface area contributed by atoms with Gasteiger partial charge in [0, 0.05) is 22.3 Å². The van der Waals surface area contributed by atoms with Gasteiger partial charge in [-0.3, -0.25) is 0 Å². The van der Waals surface area contributed by atoms with Crippen molar-refractivity contribution in [2.75, 3.05) is 20.8 Å². The third-order valence-corrected chi connectivity index (χ3v) is 6.01. The van der Waals surface area contributed by atoms with E-state index in [1.54, 1.807) is 61.5 Å². The Morgan fingerprint density at radius 3 is 2.33 bits per heavy atom. The molecule has 3 aromatic carbocycles. The Labute approximate surface area is 247 Å². The van der Waals surface area contributed by atoms with E-state index in [4.69, 9.17) is 36.2 Å². The van der Waals surface area contributed by atoms with Crippen LogP contribution in [0.3, 0.4) is 0 Å². The van der Waals surface area contributed by atoms with Crippen LogP contribution in [-0.2, 0) is 36.7 Å². The molecule has 0 amide bonds. The topological polar surface area (TPSA) is 102 Å². The summed E-state index contributed by atoms with van der Waals surface area (Å²) < 4.78 is 54.8. The number of benzene rings is 3. The number of carbonyl (C=O) groups excluding carboxylic acids is 1. The fourth-order valence-corrected chi connectivity index (χ4v) is 4.01. The number of methoxy groups -OCH3 is 2. The van der Waals surface area contributed by atoms with E-state index < -0.39 is 17.7 Å². The average Bonchev–Trinajstić information content (AvgIpc) is 3.01. The molecule has 3 aromatic rings. The van der Waals surface area contributed by atoms with Crippen LogP contribution in [0, 0.1) is 12.3 Å². The lowest BCUT2D eigenvalue weighted by atomic mass is 9.94. The van der Waals surface area contributed by atoms with Gasteiger partial charge in [0.05, 0.1) is 26.0 Å². The minimum absolute atomic E-state index is 0.0755. The van der Waals surface area contributed by atoms with Gasteiger partial charge in [-0.05, 0) is 48.9 Å². The van der Waals surface area contributed by atoms with E-state index in [1.807, 2.05) is 0 Å². The molecule has 0 aliphatic heterocycles. The maximum absolute atomic E-state index is 13.0. The highest BCUT2D eigenvalue weighted by Gasteiger charge is 2.30. The number of nitrogens with two attached hydrogens (primary N) is 1. The van der Waals surface area contributed by atoms with Crippen LogP contribution in [0.5, 0.6) is 5.75 Å². The van der Waals surface area contributed by atoms with Gasteiger partial charge in [-0.2, -0.15) is 19.1 Å². The summed E-state index contributed by atoms with van der Waals surface area (Å²) in [6, 6.07) is 18.3. The first-order chi connectivity index (χ1) is 20.6. The predicted molar refractivity (Wildman–Crippen MR) is 155 cm³/mol. The average molecular weight is 595 g/mol. The summed E-state index contributed by atoms with van der Waals surface area (Å²) in [5.41, 5.74) is 1.84. The molecule has 0 heterocycles. The largest absolute Gasteiger partial charge is 0.503 e. The lowest BCUT2D eigenvalue weighted by molar-refractivity contribution is -0.137. The molecular weight excluding hydrogens is 565 g/mol. The number of ether oxygens (including phenoxy) is 3. The Morgan fingerprint density at radius 1 is 1.02 bits per heavy atom. The fraction of sp³-hybridized carbons (Fsp3) is 0.188. The van der Waals surface area contributed by atoms with Crippen LogP contribution in [0.1, 0.15) is 34.7 Å². The first-order valence-electron chi connectivity index (χ1n) is 12.7. The monoisotopic (exact) mass is 594 g/mol. The Kier molecular flexibility index (Phi) is 11.4. The summed E-state index contributed by atoms with van der Waals surface area (Å²) in [7, 11) is 2.64. The molecule has 0 aliphatic rings. The third kappa shape index (κ3) is 8.40. The molecule has 0 atom stereocenters. The maximum Gasteiger partial charge on any atom is 0.416 e. The molecule has 3 rings (SSSR count). The van der Waals surface area contributed by atoms with Gasteiger partial charge >= 0.3 is 12.1 Å². The maximum atomic E-state index is 13.0. The van der Waals surface area contributed by atoms with E-state index in [1.165, 1.54) is 26.5 Å². The van der Waals surface area contributed by atoms with E-state index in [-0.39, 0.29) is 24.5 Å². The number of nitrogens with zero attached hydrogens (tertiary/aromatic N) is 1. The van der Waals surface area contributed by atoms with Gasteiger partial charge < -0.3 is 23.9 Å². The highest BCUT2D eigenvalue weighted by Crippen LogP contribution is 2.31. The van der Waals surface area contributed by atoms with Gasteiger partial charge in [-0.15, -0.1) is 6.42 Å². The molecule has 0 spiro atoms. The van der Waals surface area contributed by atoms with Crippen LogP contribution in [0.15, 0.2) is 89.8 Å². The lowest BCUT2D eigenvalue weighted by Gasteiger charge is -2.17. The number of hydrogen-bond donors (Lipinski definition) is 1. The zero-order valence-electron chi connectivity index (χ0n) is 23.6. The molecule has 43 heavy (non-hydrogen) atoms. The number of allylic oxidation sites excluding steroid dienone is 1. The van der Waals surface area contributed by atoms with Crippen LogP contribution >= 0.6 is 0 Å². The van der Waals surface area contributed by atoms with Gasteiger partial charge in [0.25, 0.3) is 0 Å². The first-order valence-corrected chi connectivity index (χ1v) is 12.7. The molecule has 0 unspecified atom stereocenters. The summed E-state index contributed by atoms with van der Waals surface area (Å²) in [5, 5.41) is 4.20. The smallest absolute Gasteiger partial charge is 0.416 e. The van der Waals surface area contributed by atoms with Gasteiger partial charge in [-0.25, -0.2) is 4.79 Å². The molecule has 0 saturated heterocycles. The van der Waals surface area contributed by atoms with Crippen LogP contribution < -0.4 is 10.6 Å². The Morgan fingerprint density at radius 2 is 1.72 bits per heavy atom. The second-order valence-electron chi connectivity index (χ2n) is 8.81. The molecule has 224 valence electrons. The highest BCUT2D eigenvalue weighted by molar-refractivity contribution is 6.19. The SMILES string of the molecule is C#CCO/N=C(\C(C)=C(/ON)c1ccccc1/C(=C\OC)C(=O)OC)c1ccc(OCc2cccc(C(F)(F)F)c2)cc1. The molecule has 11 heteroatoms. The van der Waals surface area contributed by atoms with Crippen molar-refractivity contribution in [3.63, 3.8) is 0 Å². The molecule has 0 bridgehead atoms. The summed E-state index contributed by atoms with van der Waals surface area (Å²) in [6.07, 6.45) is 2.12. The van der Waals surface area contributed by atoms with Crippen molar-refractivity contribution < 1.29 is 41.9 Å².